The van der Waals surface area contributed by atoms with Crippen molar-refractivity contribution in [1.82, 2.24) is 0 Å². The van der Waals surface area contributed by atoms with Crippen LogP contribution in [-0.4, -0.2) is 18.5 Å². The summed E-state index contributed by atoms with van der Waals surface area (Å²) in [5, 5.41) is 0. The van der Waals surface area contributed by atoms with E-state index in [1.165, 1.54) is 6.42 Å². The summed E-state index contributed by atoms with van der Waals surface area (Å²) < 4.78 is 5.85. The number of fused-ring (bicyclic) bond motifs is 1. The average molecular weight is 196 g/mol. The number of carbonyl (C=O) groups is 1. The molecule has 2 atom stereocenters. The van der Waals surface area contributed by atoms with E-state index in [9.17, 15) is 4.79 Å². The van der Waals surface area contributed by atoms with Gasteiger partial charge in [-0.25, -0.2) is 0 Å². The SMILES string of the molecule is CC12CCCO[C@H]1C(C)(C)C(=O)CC2. The number of ether oxygens (including phenoxy) is 1. The van der Waals surface area contributed by atoms with Crippen LogP contribution in [0.15, 0.2) is 0 Å². The van der Waals surface area contributed by atoms with E-state index in [4.69, 9.17) is 4.74 Å². The summed E-state index contributed by atoms with van der Waals surface area (Å²) >= 11 is 0. The fourth-order valence-corrected chi connectivity index (χ4v) is 3.21. The number of ketones is 1. The number of Topliss-reactive ketones (excluding diaryl/α,β-unsaturated/α-hetero) is 1. The fraction of sp³-hybridized carbons (Fsp3) is 0.917. The van der Waals surface area contributed by atoms with Gasteiger partial charge in [0.1, 0.15) is 5.78 Å². The molecule has 14 heavy (non-hydrogen) atoms. The molecule has 0 spiro atoms. The van der Waals surface area contributed by atoms with Gasteiger partial charge in [0.2, 0.25) is 0 Å². The van der Waals surface area contributed by atoms with Crippen LogP contribution in [0, 0.1) is 10.8 Å². The highest BCUT2D eigenvalue weighted by Gasteiger charge is 2.52. The zero-order valence-corrected chi connectivity index (χ0v) is 9.43. The second-order valence-electron chi connectivity index (χ2n) is 5.65. The molecule has 2 rings (SSSR count). The maximum Gasteiger partial charge on any atom is 0.141 e. The van der Waals surface area contributed by atoms with Crippen molar-refractivity contribution in [2.75, 3.05) is 6.61 Å². The molecule has 2 nitrogen and oxygen atoms in total. The van der Waals surface area contributed by atoms with Crippen molar-refractivity contribution in [1.29, 1.82) is 0 Å². The van der Waals surface area contributed by atoms with Crippen LogP contribution in [0.2, 0.25) is 0 Å². The highest BCUT2D eigenvalue weighted by molar-refractivity contribution is 5.85. The molecule has 1 aliphatic heterocycles. The Hall–Kier alpha value is -0.370. The second kappa shape index (κ2) is 3.06. The Labute approximate surface area is 86.0 Å². The van der Waals surface area contributed by atoms with Crippen LogP contribution < -0.4 is 0 Å². The number of carbonyl (C=O) groups excluding carboxylic acids is 1. The van der Waals surface area contributed by atoms with E-state index >= 15 is 0 Å². The van der Waals surface area contributed by atoms with Gasteiger partial charge < -0.3 is 4.74 Å². The first kappa shape index (κ1) is 10.2. The number of hydrogen-bond acceptors (Lipinski definition) is 2. The third kappa shape index (κ3) is 1.31. The van der Waals surface area contributed by atoms with Crippen LogP contribution in [-0.2, 0) is 9.53 Å². The van der Waals surface area contributed by atoms with Crippen LogP contribution in [0.4, 0.5) is 0 Å². The lowest BCUT2D eigenvalue weighted by Crippen LogP contribution is -2.55. The molecule has 0 amide bonds. The molecule has 2 fully saturated rings. The number of hydrogen-bond donors (Lipinski definition) is 0. The predicted molar refractivity (Wildman–Crippen MR) is 55.1 cm³/mol. The zero-order chi connectivity index (χ0) is 10.4. The first-order chi connectivity index (χ1) is 6.47. The molecule has 0 N–H and O–H groups in total. The molecule has 2 aliphatic rings. The van der Waals surface area contributed by atoms with E-state index in [0.717, 1.165) is 25.9 Å². The van der Waals surface area contributed by atoms with E-state index in [-0.39, 0.29) is 16.9 Å². The molecule has 1 unspecified atom stereocenters. The molecular weight excluding hydrogens is 176 g/mol. The van der Waals surface area contributed by atoms with Gasteiger partial charge in [-0.3, -0.25) is 4.79 Å². The Kier molecular flexibility index (Phi) is 2.22. The van der Waals surface area contributed by atoms with Crippen molar-refractivity contribution in [3.8, 4) is 0 Å². The maximum absolute atomic E-state index is 11.8. The molecule has 1 saturated carbocycles. The van der Waals surface area contributed by atoms with Gasteiger partial charge >= 0.3 is 0 Å². The Morgan fingerprint density at radius 1 is 1.29 bits per heavy atom. The van der Waals surface area contributed by atoms with Crippen molar-refractivity contribution >= 4 is 5.78 Å². The van der Waals surface area contributed by atoms with Crippen molar-refractivity contribution < 1.29 is 9.53 Å². The van der Waals surface area contributed by atoms with Crippen molar-refractivity contribution in [3.63, 3.8) is 0 Å². The summed E-state index contributed by atoms with van der Waals surface area (Å²) in [4.78, 5) is 11.8. The third-order valence-corrected chi connectivity index (χ3v) is 4.11. The molecule has 1 heterocycles. The summed E-state index contributed by atoms with van der Waals surface area (Å²) in [6, 6.07) is 0. The van der Waals surface area contributed by atoms with E-state index in [1.54, 1.807) is 0 Å². The van der Waals surface area contributed by atoms with Gasteiger partial charge in [0.25, 0.3) is 0 Å². The quantitative estimate of drug-likeness (QED) is 0.595. The van der Waals surface area contributed by atoms with Crippen molar-refractivity contribution in [2.24, 2.45) is 10.8 Å². The largest absolute Gasteiger partial charge is 0.377 e. The van der Waals surface area contributed by atoms with Crippen LogP contribution in [0.25, 0.3) is 0 Å². The van der Waals surface area contributed by atoms with Gasteiger partial charge in [0.05, 0.1) is 11.5 Å². The van der Waals surface area contributed by atoms with Crippen molar-refractivity contribution in [2.45, 2.75) is 52.6 Å². The highest BCUT2D eigenvalue weighted by atomic mass is 16.5. The summed E-state index contributed by atoms with van der Waals surface area (Å²) in [6.45, 7) is 7.20. The maximum atomic E-state index is 11.8. The Bertz CT molecular complexity index is 257. The minimum Gasteiger partial charge on any atom is -0.377 e. The molecule has 1 aliphatic carbocycles. The van der Waals surface area contributed by atoms with Gasteiger partial charge in [0.15, 0.2) is 0 Å². The smallest absolute Gasteiger partial charge is 0.141 e. The van der Waals surface area contributed by atoms with E-state index in [0.29, 0.717) is 5.78 Å². The Morgan fingerprint density at radius 3 is 2.71 bits per heavy atom. The second-order valence-corrected chi connectivity index (χ2v) is 5.65. The van der Waals surface area contributed by atoms with E-state index in [2.05, 4.69) is 6.92 Å². The highest BCUT2D eigenvalue weighted by Crippen LogP contribution is 2.50. The van der Waals surface area contributed by atoms with E-state index in [1.807, 2.05) is 13.8 Å². The monoisotopic (exact) mass is 196 g/mol. The first-order valence-corrected chi connectivity index (χ1v) is 5.62. The van der Waals surface area contributed by atoms with Crippen LogP contribution in [0.1, 0.15) is 46.5 Å². The molecule has 2 heteroatoms. The summed E-state index contributed by atoms with van der Waals surface area (Å²) in [6.07, 6.45) is 4.26. The summed E-state index contributed by atoms with van der Waals surface area (Å²) in [5.74, 6) is 0.377. The molecule has 0 aromatic carbocycles. The van der Waals surface area contributed by atoms with Crippen LogP contribution in [0.3, 0.4) is 0 Å². The molecule has 1 saturated heterocycles. The van der Waals surface area contributed by atoms with Gasteiger partial charge in [-0.15, -0.1) is 0 Å². The Balaban J connectivity index is 2.30. The lowest BCUT2D eigenvalue weighted by molar-refractivity contribution is -0.173. The molecule has 0 aromatic rings. The van der Waals surface area contributed by atoms with E-state index < -0.39 is 0 Å². The normalized spacial score (nSPS) is 41.9. The van der Waals surface area contributed by atoms with Crippen molar-refractivity contribution in [3.05, 3.63) is 0 Å². The fourth-order valence-electron chi connectivity index (χ4n) is 3.21. The van der Waals surface area contributed by atoms with Gasteiger partial charge in [-0.1, -0.05) is 20.8 Å². The first-order valence-electron chi connectivity index (χ1n) is 5.62. The lowest BCUT2D eigenvalue weighted by atomic mass is 9.59. The summed E-state index contributed by atoms with van der Waals surface area (Å²) in [5.41, 5.74) is -0.0247. The molecular formula is C12H20O2. The molecule has 80 valence electrons. The van der Waals surface area contributed by atoms with Gasteiger partial charge in [-0.05, 0) is 24.7 Å². The molecule has 0 bridgehead atoms. The minimum absolute atomic E-state index is 0.144. The van der Waals surface area contributed by atoms with Gasteiger partial charge in [0, 0.05) is 13.0 Å². The third-order valence-electron chi connectivity index (χ3n) is 4.11. The summed E-state index contributed by atoms with van der Waals surface area (Å²) in [7, 11) is 0. The average Bonchev–Trinajstić information content (AvgIpc) is 2.13. The zero-order valence-electron chi connectivity index (χ0n) is 9.43. The molecule has 0 aromatic heterocycles. The van der Waals surface area contributed by atoms with Gasteiger partial charge in [-0.2, -0.15) is 0 Å². The standard InChI is InChI=1S/C12H20O2/c1-11(2)9(13)5-7-12(3)6-4-8-14-10(11)12/h10H,4-8H2,1-3H3/t10-,12?/m0/s1. The number of rotatable bonds is 0. The van der Waals surface area contributed by atoms with Crippen LogP contribution in [0.5, 0.6) is 0 Å². The van der Waals surface area contributed by atoms with Crippen LogP contribution >= 0.6 is 0 Å². The lowest BCUT2D eigenvalue weighted by Gasteiger charge is -2.51. The molecule has 0 radical (unpaired) electrons. The topological polar surface area (TPSA) is 26.3 Å². The minimum atomic E-state index is -0.270. The Morgan fingerprint density at radius 2 is 2.00 bits per heavy atom. The predicted octanol–water partition coefficient (Wildman–Crippen LogP) is 2.56.